The fourth-order valence-electron chi connectivity index (χ4n) is 3.13. The highest BCUT2D eigenvalue weighted by Crippen LogP contribution is 2.46. The highest BCUT2D eigenvalue weighted by Gasteiger charge is 2.56. The molecule has 0 saturated carbocycles. The van der Waals surface area contributed by atoms with Crippen molar-refractivity contribution in [1.29, 1.82) is 0 Å². The standard InChI is InChI=1S/C13H18O4/c1-12(2)16-8-4-3-7-13(15)10(14)6-5-9(17-12)11(8)13/h3-6,8-11,14-15H,7H2,1-2H3/t8-,9+,10-,11?,13+/m1/s1. The normalized spacial score (nSPS) is 51.1. The van der Waals surface area contributed by atoms with Crippen molar-refractivity contribution in [3.05, 3.63) is 24.3 Å². The van der Waals surface area contributed by atoms with Crippen molar-refractivity contribution >= 4 is 0 Å². The van der Waals surface area contributed by atoms with Gasteiger partial charge in [-0.2, -0.15) is 0 Å². The quantitative estimate of drug-likeness (QED) is 0.611. The molecule has 3 aliphatic rings. The molecule has 0 bridgehead atoms. The molecule has 94 valence electrons. The zero-order chi connectivity index (χ0) is 12.3. The molecule has 2 aliphatic carbocycles. The Kier molecular flexibility index (Phi) is 2.29. The van der Waals surface area contributed by atoms with Crippen molar-refractivity contribution in [3.63, 3.8) is 0 Å². The molecule has 0 aromatic heterocycles. The summed E-state index contributed by atoms with van der Waals surface area (Å²) < 4.78 is 11.6. The first-order valence-corrected chi connectivity index (χ1v) is 6.03. The van der Waals surface area contributed by atoms with E-state index in [1.807, 2.05) is 32.1 Å². The van der Waals surface area contributed by atoms with E-state index in [1.165, 1.54) is 0 Å². The first kappa shape index (κ1) is 11.4. The summed E-state index contributed by atoms with van der Waals surface area (Å²) in [6, 6.07) is 0. The van der Waals surface area contributed by atoms with Gasteiger partial charge in [-0.25, -0.2) is 0 Å². The zero-order valence-corrected chi connectivity index (χ0v) is 10.0. The average Bonchev–Trinajstić information content (AvgIpc) is 2.22. The number of ether oxygens (including phenoxy) is 2. The highest BCUT2D eigenvalue weighted by atomic mass is 16.7. The van der Waals surface area contributed by atoms with Crippen molar-refractivity contribution in [1.82, 2.24) is 0 Å². The number of hydrogen-bond acceptors (Lipinski definition) is 4. The van der Waals surface area contributed by atoms with Crippen molar-refractivity contribution in [3.8, 4) is 0 Å². The third kappa shape index (κ3) is 1.59. The smallest absolute Gasteiger partial charge is 0.164 e. The molecule has 0 spiro atoms. The fourth-order valence-corrected chi connectivity index (χ4v) is 3.13. The van der Waals surface area contributed by atoms with Crippen LogP contribution in [-0.4, -0.2) is 39.9 Å². The van der Waals surface area contributed by atoms with Crippen LogP contribution in [0.15, 0.2) is 24.3 Å². The van der Waals surface area contributed by atoms with Gasteiger partial charge in [-0.15, -0.1) is 0 Å². The summed E-state index contributed by atoms with van der Waals surface area (Å²) in [7, 11) is 0. The molecule has 17 heavy (non-hydrogen) atoms. The molecule has 3 rings (SSSR count). The number of rotatable bonds is 0. The third-order valence-electron chi connectivity index (χ3n) is 3.89. The molecule has 1 fully saturated rings. The minimum Gasteiger partial charge on any atom is -0.386 e. The topological polar surface area (TPSA) is 58.9 Å². The summed E-state index contributed by atoms with van der Waals surface area (Å²) in [5.41, 5.74) is -1.17. The maximum Gasteiger partial charge on any atom is 0.164 e. The lowest BCUT2D eigenvalue weighted by Crippen LogP contribution is -2.65. The number of aliphatic hydroxyl groups excluding tert-OH is 1. The molecular weight excluding hydrogens is 220 g/mol. The van der Waals surface area contributed by atoms with Crippen LogP contribution < -0.4 is 0 Å². The molecule has 1 heterocycles. The second-order valence-corrected chi connectivity index (χ2v) is 5.54. The second-order valence-electron chi connectivity index (χ2n) is 5.54. The van der Waals surface area contributed by atoms with Gasteiger partial charge in [0.05, 0.1) is 18.1 Å². The summed E-state index contributed by atoms with van der Waals surface area (Å²) in [4.78, 5) is 0. The van der Waals surface area contributed by atoms with E-state index in [0.717, 1.165) is 0 Å². The van der Waals surface area contributed by atoms with Crippen molar-refractivity contribution in [2.45, 2.75) is 50.0 Å². The summed E-state index contributed by atoms with van der Waals surface area (Å²) >= 11 is 0. The van der Waals surface area contributed by atoms with Crippen LogP contribution >= 0.6 is 0 Å². The van der Waals surface area contributed by atoms with Crippen LogP contribution in [0.1, 0.15) is 20.3 Å². The van der Waals surface area contributed by atoms with E-state index in [1.54, 1.807) is 6.08 Å². The van der Waals surface area contributed by atoms with Crippen LogP contribution in [0.25, 0.3) is 0 Å². The monoisotopic (exact) mass is 238 g/mol. The second kappa shape index (κ2) is 3.42. The molecule has 2 N–H and O–H groups in total. The van der Waals surface area contributed by atoms with Crippen LogP contribution in [0, 0.1) is 5.92 Å². The largest absolute Gasteiger partial charge is 0.386 e. The first-order chi connectivity index (χ1) is 7.92. The number of aliphatic hydroxyl groups is 2. The predicted molar refractivity (Wildman–Crippen MR) is 61.2 cm³/mol. The van der Waals surface area contributed by atoms with Gasteiger partial charge in [-0.3, -0.25) is 0 Å². The van der Waals surface area contributed by atoms with Gasteiger partial charge in [0.15, 0.2) is 5.79 Å². The summed E-state index contributed by atoms with van der Waals surface area (Å²) in [5.74, 6) is -0.901. The summed E-state index contributed by atoms with van der Waals surface area (Å²) in [6.07, 6.45) is 6.46. The molecule has 5 atom stereocenters. The lowest BCUT2D eigenvalue weighted by molar-refractivity contribution is -0.331. The van der Waals surface area contributed by atoms with E-state index >= 15 is 0 Å². The van der Waals surface area contributed by atoms with Crippen LogP contribution in [-0.2, 0) is 9.47 Å². The van der Waals surface area contributed by atoms with Crippen molar-refractivity contribution < 1.29 is 19.7 Å². The molecule has 4 nitrogen and oxygen atoms in total. The molecule has 0 aromatic carbocycles. The van der Waals surface area contributed by atoms with Gasteiger partial charge < -0.3 is 19.7 Å². The number of hydrogen-bond donors (Lipinski definition) is 2. The van der Waals surface area contributed by atoms with Crippen LogP contribution in [0.4, 0.5) is 0 Å². The van der Waals surface area contributed by atoms with Crippen LogP contribution in [0.2, 0.25) is 0 Å². The summed E-state index contributed by atoms with van der Waals surface area (Å²) in [6.45, 7) is 3.73. The Bertz CT molecular complexity index is 387. The average molecular weight is 238 g/mol. The van der Waals surface area contributed by atoms with E-state index in [0.29, 0.717) is 6.42 Å². The third-order valence-corrected chi connectivity index (χ3v) is 3.89. The fraction of sp³-hybridized carbons (Fsp3) is 0.692. The maximum absolute atomic E-state index is 10.6. The Hall–Kier alpha value is -0.680. The van der Waals surface area contributed by atoms with Crippen LogP contribution in [0.3, 0.4) is 0 Å². The highest BCUT2D eigenvalue weighted by molar-refractivity contribution is 5.24. The van der Waals surface area contributed by atoms with Gasteiger partial charge in [-0.05, 0) is 20.3 Å². The molecule has 0 amide bonds. The van der Waals surface area contributed by atoms with E-state index in [2.05, 4.69) is 0 Å². The lowest BCUT2D eigenvalue weighted by Gasteiger charge is -2.54. The van der Waals surface area contributed by atoms with Gasteiger partial charge in [-0.1, -0.05) is 24.3 Å². The van der Waals surface area contributed by atoms with Crippen LogP contribution in [0.5, 0.6) is 0 Å². The molecule has 0 aromatic rings. The molecule has 4 heteroatoms. The van der Waals surface area contributed by atoms with E-state index in [9.17, 15) is 10.2 Å². The molecule has 1 aliphatic heterocycles. The zero-order valence-electron chi connectivity index (χ0n) is 10.0. The van der Waals surface area contributed by atoms with Crippen molar-refractivity contribution in [2.75, 3.05) is 0 Å². The van der Waals surface area contributed by atoms with Gasteiger partial charge >= 0.3 is 0 Å². The van der Waals surface area contributed by atoms with Gasteiger partial charge in [0.25, 0.3) is 0 Å². The molecule has 1 saturated heterocycles. The Morgan fingerprint density at radius 3 is 2.47 bits per heavy atom. The summed E-state index contributed by atoms with van der Waals surface area (Å²) in [5, 5.41) is 20.6. The maximum atomic E-state index is 10.6. The van der Waals surface area contributed by atoms with E-state index < -0.39 is 17.5 Å². The minimum atomic E-state index is -1.17. The molecule has 0 radical (unpaired) electrons. The minimum absolute atomic E-state index is 0.206. The van der Waals surface area contributed by atoms with E-state index in [-0.39, 0.29) is 18.1 Å². The Morgan fingerprint density at radius 1 is 1.12 bits per heavy atom. The SMILES string of the molecule is CC1(C)O[C@H]2C=C[C@@H](O)[C@@]3(O)CC=C[C@@H](O1)C23. The van der Waals surface area contributed by atoms with Gasteiger partial charge in [0.1, 0.15) is 11.7 Å². The predicted octanol–water partition coefficient (Wildman–Crippen LogP) is 0.744. The van der Waals surface area contributed by atoms with Gasteiger partial charge in [0.2, 0.25) is 0 Å². The lowest BCUT2D eigenvalue weighted by atomic mass is 9.67. The van der Waals surface area contributed by atoms with Gasteiger partial charge in [0, 0.05) is 0 Å². The Labute approximate surface area is 101 Å². The first-order valence-electron chi connectivity index (χ1n) is 6.03. The Morgan fingerprint density at radius 2 is 1.76 bits per heavy atom. The Balaban J connectivity index is 2.04. The molecular formula is C13H18O4. The van der Waals surface area contributed by atoms with Crippen molar-refractivity contribution in [2.24, 2.45) is 5.92 Å². The van der Waals surface area contributed by atoms with E-state index in [4.69, 9.17) is 9.47 Å². The molecule has 1 unspecified atom stereocenters.